The van der Waals surface area contributed by atoms with Crippen molar-refractivity contribution < 1.29 is 4.79 Å². The Balaban J connectivity index is 1.60. The molecule has 0 spiro atoms. The quantitative estimate of drug-likeness (QED) is 0.422. The van der Waals surface area contributed by atoms with E-state index in [9.17, 15) is 9.59 Å². The number of nitrogens with two attached hydrogens (primary N) is 1. The maximum absolute atomic E-state index is 12.7. The number of pyridine rings is 1. The summed E-state index contributed by atoms with van der Waals surface area (Å²) in [6, 6.07) is 12.2. The van der Waals surface area contributed by atoms with E-state index in [1.165, 1.54) is 16.7 Å². The lowest BCUT2D eigenvalue weighted by Gasteiger charge is -2.10. The van der Waals surface area contributed by atoms with Crippen molar-refractivity contribution in [3.8, 4) is 22.6 Å². The molecule has 1 aliphatic carbocycles. The minimum Gasteiger partial charge on any atom is -0.365 e. The van der Waals surface area contributed by atoms with E-state index >= 15 is 0 Å². The summed E-state index contributed by atoms with van der Waals surface area (Å²) in [4.78, 5) is 29.5. The molecule has 2 N–H and O–H groups in total. The summed E-state index contributed by atoms with van der Waals surface area (Å²) in [5, 5.41) is 9.51. The largest absolute Gasteiger partial charge is 0.365 e. The van der Waals surface area contributed by atoms with Gasteiger partial charge >= 0.3 is 0 Å². The molecule has 0 atom stereocenters. The molecular weight excluding hydrogens is 454 g/mol. The van der Waals surface area contributed by atoms with E-state index in [1.807, 2.05) is 24.3 Å². The molecule has 4 aromatic heterocycles. The average molecular weight is 472 g/mol. The molecule has 1 saturated carbocycles. The third-order valence-corrected chi connectivity index (χ3v) is 6.23. The molecule has 6 rings (SSSR count). The number of amides is 1. The summed E-state index contributed by atoms with van der Waals surface area (Å²) in [6.07, 6.45) is 8.42. The van der Waals surface area contributed by atoms with Crippen LogP contribution in [0.25, 0.3) is 28.3 Å². The van der Waals surface area contributed by atoms with E-state index < -0.39 is 5.91 Å². The van der Waals surface area contributed by atoms with Crippen LogP contribution in [0, 0.1) is 0 Å². The summed E-state index contributed by atoms with van der Waals surface area (Å²) < 4.78 is 4.81. The summed E-state index contributed by atoms with van der Waals surface area (Å²) in [5.74, 6) is -0.431. The average Bonchev–Trinajstić information content (AvgIpc) is 3.36. The molecule has 0 unspecified atom stereocenters. The van der Waals surface area contributed by atoms with Crippen molar-refractivity contribution in [2.45, 2.75) is 18.8 Å². The van der Waals surface area contributed by atoms with Crippen LogP contribution in [-0.4, -0.2) is 34.9 Å². The van der Waals surface area contributed by atoms with Gasteiger partial charge in [-0.05, 0) is 43.2 Å². The third-order valence-electron chi connectivity index (χ3n) is 5.93. The predicted molar refractivity (Wildman–Crippen MR) is 127 cm³/mol. The van der Waals surface area contributed by atoms with Gasteiger partial charge in [0.2, 0.25) is 0 Å². The Bertz CT molecular complexity index is 1630. The number of nitrogens with zero attached hydrogens (tertiary/aromatic N) is 6. The zero-order valence-corrected chi connectivity index (χ0v) is 18.6. The SMILES string of the molecule is NC(=O)c1c(-c2ccc(-n3cccn3)c(Cl)c2)nn(-c2cccn3c(=O)ccnc23)c1C1CC1. The monoisotopic (exact) mass is 471 g/mol. The Labute approximate surface area is 198 Å². The first kappa shape index (κ1) is 20.4. The number of hydrogen-bond donors (Lipinski definition) is 1. The first-order chi connectivity index (χ1) is 16.5. The molecule has 4 heterocycles. The first-order valence-corrected chi connectivity index (χ1v) is 11.1. The molecule has 34 heavy (non-hydrogen) atoms. The Hall–Kier alpha value is -4.24. The molecule has 0 aliphatic heterocycles. The van der Waals surface area contributed by atoms with Crippen molar-refractivity contribution in [2.24, 2.45) is 5.73 Å². The van der Waals surface area contributed by atoms with Crippen molar-refractivity contribution in [3.63, 3.8) is 0 Å². The molecule has 168 valence electrons. The van der Waals surface area contributed by atoms with Gasteiger partial charge in [0.05, 0.1) is 22.0 Å². The summed E-state index contributed by atoms with van der Waals surface area (Å²) in [6.45, 7) is 0. The van der Waals surface area contributed by atoms with Crippen LogP contribution in [0.5, 0.6) is 0 Å². The molecule has 1 aliphatic rings. The molecular formula is C24H18ClN7O2. The van der Waals surface area contributed by atoms with Gasteiger partial charge in [-0.15, -0.1) is 0 Å². The van der Waals surface area contributed by atoms with Crippen LogP contribution in [0.1, 0.15) is 34.8 Å². The summed E-state index contributed by atoms with van der Waals surface area (Å²) in [7, 11) is 0. The highest BCUT2D eigenvalue weighted by Gasteiger charge is 2.35. The summed E-state index contributed by atoms with van der Waals surface area (Å²) in [5.41, 5.74) is 9.57. The Kier molecular flexibility index (Phi) is 4.59. The van der Waals surface area contributed by atoms with Crippen LogP contribution in [-0.2, 0) is 0 Å². The second-order valence-corrected chi connectivity index (χ2v) is 8.55. The van der Waals surface area contributed by atoms with Gasteiger partial charge in [-0.2, -0.15) is 10.2 Å². The van der Waals surface area contributed by atoms with Gasteiger partial charge in [0.1, 0.15) is 11.4 Å². The third kappa shape index (κ3) is 3.20. The summed E-state index contributed by atoms with van der Waals surface area (Å²) >= 11 is 6.58. The van der Waals surface area contributed by atoms with E-state index in [1.54, 1.807) is 40.1 Å². The van der Waals surface area contributed by atoms with Crippen LogP contribution in [0.4, 0.5) is 0 Å². The molecule has 1 fully saturated rings. The van der Waals surface area contributed by atoms with E-state index in [0.717, 1.165) is 18.5 Å². The lowest BCUT2D eigenvalue weighted by molar-refractivity contribution is 0.1000. The Morgan fingerprint density at radius 2 is 1.91 bits per heavy atom. The number of benzene rings is 1. The fourth-order valence-electron chi connectivity index (χ4n) is 4.26. The van der Waals surface area contributed by atoms with Crippen molar-refractivity contribution in [1.29, 1.82) is 0 Å². The second-order valence-electron chi connectivity index (χ2n) is 8.15. The minimum absolute atomic E-state index is 0.137. The smallest absolute Gasteiger partial charge is 0.257 e. The Morgan fingerprint density at radius 3 is 2.62 bits per heavy atom. The van der Waals surface area contributed by atoms with Crippen LogP contribution in [0.15, 0.2) is 72.0 Å². The van der Waals surface area contributed by atoms with Gasteiger partial charge in [-0.1, -0.05) is 17.7 Å². The van der Waals surface area contributed by atoms with Gasteiger partial charge in [-0.25, -0.2) is 14.3 Å². The topological polar surface area (TPSA) is 113 Å². The van der Waals surface area contributed by atoms with Gasteiger partial charge in [-0.3, -0.25) is 14.0 Å². The van der Waals surface area contributed by atoms with E-state index in [4.69, 9.17) is 22.4 Å². The standard InChI is InChI=1S/C24H18ClN7O2/c25-16-13-15(6-7-17(16)31-12-2-9-28-31)21-20(23(26)34)22(14-4-5-14)32(29-21)18-3-1-11-30-19(33)8-10-27-24(18)30/h1-3,6-14H,4-5H2,(H2,26,34). The maximum atomic E-state index is 12.7. The van der Waals surface area contributed by atoms with Crippen LogP contribution in [0.2, 0.25) is 5.02 Å². The number of carbonyl (C=O) groups excluding carboxylic acids is 1. The van der Waals surface area contributed by atoms with Gasteiger partial charge in [0, 0.05) is 42.3 Å². The van der Waals surface area contributed by atoms with E-state index in [0.29, 0.717) is 38.9 Å². The van der Waals surface area contributed by atoms with E-state index in [2.05, 4.69) is 10.1 Å². The minimum atomic E-state index is -0.569. The lowest BCUT2D eigenvalue weighted by Crippen LogP contribution is -2.16. The Morgan fingerprint density at radius 1 is 1.06 bits per heavy atom. The molecule has 0 saturated heterocycles. The number of hydrogen-bond acceptors (Lipinski definition) is 5. The highest BCUT2D eigenvalue weighted by Crippen LogP contribution is 2.45. The van der Waals surface area contributed by atoms with Crippen molar-refractivity contribution in [2.75, 3.05) is 0 Å². The van der Waals surface area contributed by atoms with Gasteiger partial charge in [0.15, 0.2) is 5.65 Å². The number of fused-ring (bicyclic) bond motifs is 1. The lowest BCUT2D eigenvalue weighted by atomic mass is 10.0. The first-order valence-electron chi connectivity index (χ1n) is 10.7. The molecule has 10 heteroatoms. The zero-order valence-electron chi connectivity index (χ0n) is 17.8. The number of carbonyl (C=O) groups is 1. The number of primary amides is 1. The molecule has 0 radical (unpaired) electrons. The molecule has 9 nitrogen and oxygen atoms in total. The fourth-order valence-corrected chi connectivity index (χ4v) is 4.52. The fraction of sp³-hybridized carbons (Fsp3) is 0.125. The molecule has 0 bridgehead atoms. The van der Waals surface area contributed by atoms with Crippen LogP contribution >= 0.6 is 11.6 Å². The van der Waals surface area contributed by atoms with Gasteiger partial charge in [0.25, 0.3) is 11.5 Å². The van der Waals surface area contributed by atoms with Crippen molar-refractivity contribution in [1.82, 2.24) is 28.9 Å². The molecule has 5 aromatic rings. The normalized spacial score (nSPS) is 13.4. The zero-order chi connectivity index (χ0) is 23.4. The maximum Gasteiger partial charge on any atom is 0.257 e. The van der Waals surface area contributed by atoms with Crippen molar-refractivity contribution in [3.05, 3.63) is 93.9 Å². The predicted octanol–water partition coefficient (Wildman–Crippen LogP) is 3.36. The van der Waals surface area contributed by atoms with E-state index in [-0.39, 0.29) is 11.5 Å². The highest BCUT2D eigenvalue weighted by molar-refractivity contribution is 6.32. The highest BCUT2D eigenvalue weighted by atomic mass is 35.5. The second kappa shape index (κ2) is 7.67. The van der Waals surface area contributed by atoms with Crippen LogP contribution in [0.3, 0.4) is 0 Å². The number of halogens is 1. The number of aromatic nitrogens is 6. The van der Waals surface area contributed by atoms with Crippen LogP contribution < -0.4 is 11.3 Å². The van der Waals surface area contributed by atoms with Gasteiger partial charge < -0.3 is 5.73 Å². The number of rotatable bonds is 5. The molecule has 1 aromatic carbocycles. The van der Waals surface area contributed by atoms with Crippen molar-refractivity contribution >= 4 is 23.2 Å². The molecule has 1 amide bonds.